The SMILES string of the molecule is CC(C)(CNC(=O)C1CCCN1)C(N)=O. The van der Waals surface area contributed by atoms with Gasteiger partial charge in [-0.3, -0.25) is 9.59 Å². The number of amides is 2. The van der Waals surface area contributed by atoms with Gasteiger partial charge in [-0.15, -0.1) is 0 Å². The fourth-order valence-electron chi connectivity index (χ4n) is 1.43. The van der Waals surface area contributed by atoms with E-state index in [2.05, 4.69) is 10.6 Å². The van der Waals surface area contributed by atoms with E-state index in [0.29, 0.717) is 6.54 Å². The number of hydrogen-bond acceptors (Lipinski definition) is 3. The van der Waals surface area contributed by atoms with Crippen molar-refractivity contribution in [2.24, 2.45) is 11.1 Å². The Morgan fingerprint density at radius 1 is 1.53 bits per heavy atom. The van der Waals surface area contributed by atoms with Crippen LogP contribution in [0.1, 0.15) is 26.7 Å². The van der Waals surface area contributed by atoms with E-state index in [-0.39, 0.29) is 11.9 Å². The zero-order chi connectivity index (χ0) is 11.5. The van der Waals surface area contributed by atoms with E-state index >= 15 is 0 Å². The summed E-state index contributed by atoms with van der Waals surface area (Å²) in [6, 6.07) is -0.103. The molecule has 1 unspecified atom stereocenters. The second-order valence-electron chi connectivity index (χ2n) is 4.61. The topological polar surface area (TPSA) is 84.2 Å². The van der Waals surface area contributed by atoms with E-state index in [0.717, 1.165) is 19.4 Å². The molecule has 0 aromatic carbocycles. The van der Waals surface area contributed by atoms with Gasteiger partial charge >= 0.3 is 0 Å². The van der Waals surface area contributed by atoms with Gasteiger partial charge in [-0.25, -0.2) is 0 Å². The molecular formula is C10H19N3O2. The van der Waals surface area contributed by atoms with Gasteiger partial charge in [0.2, 0.25) is 11.8 Å². The van der Waals surface area contributed by atoms with Crippen molar-refractivity contribution in [1.82, 2.24) is 10.6 Å². The normalized spacial score (nSPS) is 21.3. The number of nitrogens with one attached hydrogen (secondary N) is 2. The number of carbonyl (C=O) groups excluding carboxylic acids is 2. The molecule has 0 radical (unpaired) electrons. The predicted molar refractivity (Wildman–Crippen MR) is 57.0 cm³/mol. The minimum Gasteiger partial charge on any atom is -0.369 e. The number of rotatable bonds is 4. The van der Waals surface area contributed by atoms with Gasteiger partial charge in [-0.05, 0) is 33.2 Å². The van der Waals surface area contributed by atoms with E-state index in [1.54, 1.807) is 13.8 Å². The molecule has 1 aliphatic heterocycles. The summed E-state index contributed by atoms with van der Waals surface area (Å²) < 4.78 is 0. The smallest absolute Gasteiger partial charge is 0.237 e. The van der Waals surface area contributed by atoms with Crippen molar-refractivity contribution in [1.29, 1.82) is 0 Å². The lowest BCUT2D eigenvalue weighted by atomic mass is 9.92. The van der Waals surface area contributed by atoms with Gasteiger partial charge in [-0.1, -0.05) is 0 Å². The van der Waals surface area contributed by atoms with Crippen LogP contribution in [0.3, 0.4) is 0 Å². The van der Waals surface area contributed by atoms with Crippen LogP contribution in [-0.2, 0) is 9.59 Å². The second kappa shape index (κ2) is 4.61. The summed E-state index contributed by atoms with van der Waals surface area (Å²) >= 11 is 0. The van der Waals surface area contributed by atoms with E-state index in [1.807, 2.05) is 0 Å². The molecule has 0 aromatic rings. The van der Waals surface area contributed by atoms with Crippen LogP contribution in [0.4, 0.5) is 0 Å². The van der Waals surface area contributed by atoms with E-state index in [1.165, 1.54) is 0 Å². The Labute approximate surface area is 89.8 Å². The fourth-order valence-corrected chi connectivity index (χ4v) is 1.43. The first-order chi connectivity index (χ1) is 6.93. The van der Waals surface area contributed by atoms with Crippen molar-refractivity contribution < 1.29 is 9.59 Å². The quantitative estimate of drug-likeness (QED) is 0.581. The van der Waals surface area contributed by atoms with E-state index < -0.39 is 11.3 Å². The molecule has 0 spiro atoms. The van der Waals surface area contributed by atoms with Gasteiger partial charge in [-0.2, -0.15) is 0 Å². The highest BCUT2D eigenvalue weighted by Crippen LogP contribution is 2.12. The molecule has 5 heteroatoms. The summed E-state index contributed by atoms with van der Waals surface area (Å²) in [4.78, 5) is 22.6. The summed E-state index contributed by atoms with van der Waals surface area (Å²) in [7, 11) is 0. The van der Waals surface area contributed by atoms with Crippen LogP contribution in [0.15, 0.2) is 0 Å². The molecule has 1 fully saturated rings. The Morgan fingerprint density at radius 3 is 2.67 bits per heavy atom. The van der Waals surface area contributed by atoms with Gasteiger partial charge < -0.3 is 16.4 Å². The molecule has 0 bridgehead atoms. The molecule has 4 N–H and O–H groups in total. The molecule has 2 amide bonds. The van der Waals surface area contributed by atoms with Crippen LogP contribution >= 0.6 is 0 Å². The maximum Gasteiger partial charge on any atom is 0.237 e. The summed E-state index contributed by atoms with van der Waals surface area (Å²) in [6.07, 6.45) is 1.89. The maximum absolute atomic E-state index is 11.6. The highest BCUT2D eigenvalue weighted by atomic mass is 16.2. The monoisotopic (exact) mass is 213 g/mol. The predicted octanol–water partition coefficient (Wildman–Crippen LogP) is -0.634. The standard InChI is InChI=1S/C10H19N3O2/c1-10(2,9(11)15)6-13-8(14)7-4-3-5-12-7/h7,12H,3-6H2,1-2H3,(H2,11,15)(H,13,14). The lowest BCUT2D eigenvalue weighted by molar-refractivity contribution is -0.127. The molecule has 1 saturated heterocycles. The zero-order valence-electron chi connectivity index (χ0n) is 9.30. The van der Waals surface area contributed by atoms with Gasteiger partial charge in [0.15, 0.2) is 0 Å². The van der Waals surface area contributed by atoms with Crippen LogP contribution < -0.4 is 16.4 Å². The van der Waals surface area contributed by atoms with Crippen molar-refractivity contribution in [2.75, 3.05) is 13.1 Å². The number of nitrogens with two attached hydrogens (primary N) is 1. The van der Waals surface area contributed by atoms with Crippen molar-refractivity contribution >= 4 is 11.8 Å². The van der Waals surface area contributed by atoms with Crippen LogP contribution in [0, 0.1) is 5.41 Å². The third kappa shape index (κ3) is 3.20. The van der Waals surface area contributed by atoms with E-state index in [4.69, 9.17) is 5.73 Å². The minimum absolute atomic E-state index is 0.0400. The molecule has 1 aliphatic rings. The molecule has 5 nitrogen and oxygen atoms in total. The first-order valence-corrected chi connectivity index (χ1v) is 5.24. The molecule has 0 aliphatic carbocycles. The minimum atomic E-state index is -0.686. The number of hydrogen-bond donors (Lipinski definition) is 3. The van der Waals surface area contributed by atoms with E-state index in [9.17, 15) is 9.59 Å². The Bertz CT molecular complexity index is 257. The molecule has 1 heterocycles. The summed E-state index contributed by atoms with van der Waals surface area (Å²) in [5, 5.41) is 5.84. The molecule has 15 heavy (non-hydrogen) atoms. The van der Waals surface area contributed by atoms with Gasteiger partial charge in [0.1, 0.15) is 0 Å². The first kappa shape index (κ1) is 12.0. The Morgan fingerprint density at radius 2 is 2.20 bits per heavy atom. The average Bonchev–Trinajstić information content (AvgIpc) is 2.66. The number of carbonyl (C=O) groups is 2. The van der Waals surface area contributed by atoms with Gasteiger partial charge in [0.25, 0.3) is 0 Å². The third-order valence-electron chi connectivity index (χ3n) is 2.75. The van der Waals surface area contributed by atoms with Crippen molar-refractivity contribution in [3.63, 3.8) is 0 Å². The molecule has 0 aromatic heterocycles. The number of primary amides is 1. The van der Waals surface area contributed by atoms with Gasteiger partial charge in [0, 0.05) is 6.54 Å². The molecule has 1 atom stereocenters. The lowest BCUT2D eigenvalue weighted by Crippen LogP contribution is -2.47. The molecule has 1 rings (SSSR count). The van der Waals surface area contributed by atoms with Crippen molar-refractivity contribution in [3.05, 3.63) is 0 Å². The maximum atomic E-state index is 11.6. The molecule has 86 valence electrons. The summed E-state index contributed by atoms with van der Waals surface area (Å²) in [5.41, 5.74) is 4.52. The molecular weight excluding hydrogens is 194 g/mol. The average molecular weight is 213 g/mol. The van der Waals surface area contributed by atoms with Crippen LogP contribution in [0.25, 0.3) is 0 Å². The first-order valence-electron chi connectivity index (χ1n) is 5.24. The van der Waals surface area contributed by atoms with Crippen LogP contribution in [0.2, 0.25) is 0 Å². The largest absolute Gasteiger partial charge is 0.369 e. The summed E-state index contributed by atoms with van der Waals surface area (Å²) in [5.74, 6) is -0.441. The van der Waals surface area contributed by atoms with Crippen molar-refractivity contribution in [2.45, 2.75) is 32.7 Å². The van der Waals surface area contributed by atoms with Crippen LogP contribution in [-0.4, -0.2) is 30.9 Å². The Kier molecular flexibility index (Phi) is 3.68. The summed E-state index contributed by atoms with van der Waals surface area (Å²) in [6.45, 7) is 4.62. The fraction of sp³-hybridized carbons (Fsp3) is 0.800. The lowest BCUT2D eigenvalue weighted by Gasteiger charge is -2.22. The molecule has 0 saturated carbocycles. The van der Waals surface area contributed by atoms with Crippen molar-refractivity contribution in [3.8, 4) is 0 Å². The third-order valence-corrected chi connectivity index (χ3v) is 2.75. The van der Waals surface area contributed by atoms with Gasteiger partial charge in [0.05, 0.1) is 11.5 Å². The Balaban J connectivity index is 2.36. The highest BCUT2D eigenvalue weighted by molar-refractivity contribution is 5.84. The zero-order valence-corrected chi connectivity index (χ0v) is 9.30. The Hall–Kier alpha value is -1.10. The second-order valence-corrected chi connectivity index (χ2v) is 4.61. The highest BCUT2D eigenvalue weighted by Gasteiger charge is 2.28. The van der Waals surface area contributed by atoms with Crippen LogP contribution in [0.5, 0.6) is 0 Å².